The summed E-state index contributed by atoms with van der Waals surface area (Å²) < 4.78 is 32.9. The molecule has 0 unspecified atom stereocenters. The molecule has 0 aliphatic rings. The molecule has 0 N–H and O–H groups in total. The predicted molar refractivity (Wildman–Crippen MR) is 103 cm³/mol. The van der Waals surface area contributed by atoms with Crippen molar-refractivity contribution in [1.82, 2.24) is 0 Å². The molecule has 0 bridgehead atoms. The van der Waals surface area contributed by atoms with E-state index in [1.54, 1.807) is 0 Å². The van der Waals surface area contributed by atoms with Crippen LogP contribution < -0.4 is 29.6 Å². The van der Waals surface area contributed by atoms with Gasteiger partial charge in [-0.15, -0.1) is 0 Å². The summed E-state index contributed by atoms with van der Waals surface area (Å²) in [5.74, 6) is 0. The molecule has 0 rings (SSSR count). The first kappa shape index (κ1) is 28.1. The summed E-state index contributed by atoms with van der Waals surface area (Å²) in [6.45, 7) is 4.90. The third kappa shape index (κ3) is 22.8. The number of hydrogen-bond acceptors (Lipinski definition) is 4. The first-order chi connectivity index (χ1) is 11.6. The van der Waals surface area contributed by atoms with E-state index in [-0.39, 0.29) is 44.2 Å². The summed E-state index contributed by atoms with van der Waals surface area (Å²) in [7, 11) is -3.79. The second-order valence-corrected chi connectivity index (χ2v) is 7.94. The van der Waals surface area contributed by atoms with Crippen molar-refractivity contribution in [3.8, 4) is 0 Å². The summed E-state index contributed by atoms with van der Waals surface area (Å²) in [6.07, 6.45) is 17.4. The minimum Gasteiger partial charge on any atom is -1.00 e. The fourth-order valence-electron chi connectivity index (χ4n) is 2.65. The average molecular weight is 389 g/mol. The second-order valence-electron chi connectivity index (χ2n) is 6.65. The molecular formula is C19H41NaO4S. The first-order valence-electron chi connectivity index (χ1n) is 10.2. The Balaban J connectivity index is -0.00000264. The van der Waals surface area contributed by atoms with E-state index in [0.717, 1.165) is 38.5 Å². The average Bonchev–Trinajstić information content (AvgIpc) is 2.55. The molecule has 0 fully saturated rings. The minimum absolute atomic E-state index is 0. The maximum Gasteiger partial charge on any atom is 1.00 e. The van der Waals surface area contributed by atoms with E-state index in [0.29, 0.717) is 0 Å². The van der Waals surface area contributed by atoms with Gasteiger partial charge >= 0.3 is 40.0 Å². The molecule has 0 aromatic heterocycles. The topological polar surface area (TPSA) is 52.6 Å². The molecule has 0 saturated carbocycles. The van der Waals surface area contributed by atoms with Gasteiger partial charge in [-0.05, 0) is 12.8 Å². The van der Waals surface area contributed by atoms with Gasteiger partial charge in [-0.1, -0.05) is 97.3 Å². The fraction of sp³-hybridized carbons (Fsp3) is 1.00. The van der Waals surface area contributed by atoms with Gasteiger partial charge in [0.2, 0.25) is 0 Å². The molecule has 0 atom stereocenters. The van der Waals surface area contributed by atoms with Gasteiger partial charge in [0, 0.05) is 0 Å². The van der Waals surface area contributed by atoms with Crippen molar-refractivity contribution in [2.45, 2.75) is 110 Å². The van der Waals surface area contributed by atoms with Crippen LogP contribution in [-0.2, 0) is 18.8 Å². The van der Waals surface area contributed by atoms with E-state index in [2.05, 4.69) is 13.8 Å². The summed E-state index contributed by atoms with van der Waals surface area (Å²) in [4.78, 5) is 0. The Kier molecular flexibility index (Phi) is 23.8. The maximum absolute atomic E-state index is 11.6. The van der Waals surface area contributed by atoms with Gasteiger partial charge in [0.05, 0.1) is 13.2 Å². The van der Waals surface area contributed by atoms with Gasteiger partial charge in [-0.25, -0.2) is 8.37 Å². The minimum atomic E-state index is -3.79. The van der Waals surface area contributed by atoms with Crippen LogP contribution in [0.5, 0.6) is 0 Å². The van der Waals surface area contributed by atoms with Crippen molar-refractivity contribution in [2.75, 3.05) is 13.2 Å². The van der Waals surface area contributed by atoms with Crippen LogP contribution in [0.25, 0.3) is 0 Å². The van der Waals surface area contributed by atoms with Gasteiger partial charge < -0.3 is 1.43 Å². The van der Waals surface area contributed by atoms with E-state index < -0.39 is 10.4 Å². The van der Waals surface area contributed by atoms with E-state index >= 15 is 0 Å². The van der Waals surface area contributed by atoms with Crippen LogP contribution in [0.2, 0.25) is 0 Å². The van der Waals surface area contributed by atoms with Crippen molar-refractivity contribution in [3.05, 3.63) is 0 Å². The molecule has 6 heteroatoms. The van der Waals surface area contributed by atoms with E-state index in [1.807, 2.05) is 0 Å². The van der Waals surface area contributed by atoms with Crippen molar-refractivity contribution in [2.24, 2.45) is 0 Å². The largest absolute Gasteiger partial charge is 1.00 e. The Bertz CT molecular complexity index is 353. The molecule has 0 aromatic rings. The van der Waals surface area contributed by atoms with Crippen LogP contribution in [0.15, 0.2) is 0 Å². The molecule has 0 spiro atoms. The summed E-state index contributed by atoms with van der Waals surface area (Å²) in [6, 6.07) is 0. The zero-order valence-electron chi connectivity index (χ0n) is 18.1. The van der Waals surface area contributed by atoms with Crippen LogP contribution in [-0.4, -0.2) is 21.6 Å². The Labute approximate surface area is 180 Å². The molecule has 0 aliphatic carbocycles. The van der Waals surface area contributed by atoms with Gasteiger partial charge in [0.15, 0.2) is 0 Å². The molecule has 0 aliphatic heterocycles. The third-order valence-electron chi connectivity index (χ3n) is 4.20. The molecule has 0 radical (unpaired) electrons. The van der Waals surface area contributed by atoms with Gasteiger partial charge in [-0.3, -0.25) is 0 Å². The molecule has 148 valence electrons. The van der Waals surface area contributed by atoms with Gasteiger partial charge in [-0.2, -0.15) is 8.42 Å². The zero-order chi connectivity index (χ0) is 17.9. The van der Waals surface area contributed by atoms with Crippen molar-refractivity contribution < 1.29 is 47.8 Å². The number of hydrogen-bond donors (Lipinski definition) is 0. The summed E-state index contributed by atoms with van der Waals surface area (Å²) >= 11 is 0. The first-order valence-corrected chi connectivity index (χ1v) is 11.5. The van der Waals surface area contributed by atoms with Gasteiger partial charge in [0.25, 0.3) is 0 Å². The summed E-state index contributed by atoms with van der Waals surface area (Å²) in [5.41, 5.74) is 0. The van der Waals surface area contributed by atoms with Crippen LogP contribution in [0, 0.1) is 0 Å². The zero-order valence-corrected chi connectivity index (χ0v) is 19.9. The molecule has 4 nitrogen and oxygen atoms in total. The van der Waals surface area contributed by atoms with Crippen molar-refractivity contribution in [3.63, 3.8) is 0 Å². The van der Waals surface area contributed by atoms with Crippen LogP contribution in [0.4, 0.5) is 0 Å². The number of unbranched alkanes of at least 4 members (excludes halogenated alkanes) is 13. The molecular weight excluding hydrogens is 347 g/mol. The fourth-order valence-corrected chi connectivity index (χ4v) is 3.36. The molecule has 0 heterocycles. The third-order valence-corrected chi connectivity index (χ3v) is 5.11. The summed E-state index contributed by atoms with van der Waals surface area (Å²) in [5, 5.41) is 0. The van der Waals surface area contributed by atoms with Crippen LogP contribution >= 0.6 is 0 Å². The van der Waals surface area contributed by atoms with E-state index in [1.165, 1.54) is 57.8 Å². The normalized spacial score (nSPS) is 11.4. The van der Waals surface area contributed by atoms with E-state index in [9.17, 15) is 8.42 Å². The Hall–Kier alpha value is 0.870. The molecule has 25 heavy (non-hydrogen) atoms. The Morgan fingerprint density at radius 2 is 0.840 bits per heavy atom. The van der Waals surface area contributed by atoms with Gasteiger partial charge in [0.1, 0.15) is 0 Å². The Morgan fingerprint density at radius 1 is 0.560 bits per heavy atom. The SMILES string of the molecule is CCCCCCCCCCCOS(=O)(=O)OCCCCCCCC.[H-].[Na+]. The Morgan fingerprint density at radius 3 is 1.16 bits per heavy atom. The smallest absolute Gasteiger partial charge is 1.00 e. The standard InChI is InChI=1S/C19H40O4S.Na.H/c1-3-5-7-9-11-12-13-15-17-19-23-24(20,21)22-18-16-14-10-8-6-4-2;;/h3-19H2,1-2H3;;/q;+1;-1. The van der Waals surface area contributed by atoms with Crippen molar-refractivity contribution >= 4 is 10.4 Å². The maximum atomic E-state index is 11.6. The van der Waals surface area contributed by atoms with E-state index in [4.69, 9.17) is 8.37 Å². The molecule has 0 saturated heterocycles. The number of rotatable bonds is 19. The second kappa shape index (κ2) is 21.2. The van der Waals surface area contributed by atoms with Crippen molar-refractivity contribution in [1.29, 1.82) is 0 Å². The quantitative estimate of drug-likeness (QED) is 0.252. The predicted octanol–water partition coefficient (Wildman–Crippen LogP) is 3.27. The van der Waals surface area contributed by atoms with Crippen LogP contribution in [0.1, 0.15) is 112 Å². The monoisotopic (exact) mass is 388 g/mol. The van der Waals surface area contributed by atoms with Crippen LogP contribution in [0.3, 0.4) is 0 Å². The molecule has 0 amide bonds. The molecule has 0 aromatic carbocycles.